The molecule has 3 amide bonds. The summed E-state index contributed by atoms with van der Waals surface area (Å²) in [6.45, 7) is 6.58. The van der Waals surface area contributed by atoms with E-state index in [1.807, 2.05) is 93.6 Å². The SMILES string of the molecule is COc1ccc(N2CC=C[C@]34S[C@]5(C)C=CCN(c6ccccc6)C(=O)[C@@H]5[C@H]3C(=O)N([C@@H](CO)CC(C)C)C4C2=O)cc1. The molecule has 9 heteroatoms. The zero-order chi connectivity index (χ0) is 30.5. The van der Waals surface area contributed by atoms with Gasteiger partial charge in [-0.05, 0) is 55.7 Å². The molecule has 0 aliphatic carbocycles. The van der Waals surface area contributed by atoms with Crippen molar-refractivity contribution in [2.75, 3.05) is 36.6 Å². The number of rotatable bonds is 7. The lowest BCUT2D eigenvalue weighted by Crippen LogP contribution is -2.57. The van der Waals surface area contributed by atoms with Crippen LogP contribution >= 0.6 is 11.8 Å². The van der Waals surface area contributed by atoms with Gasteiger partial charge in [0.05, 0.1) is 36.3 Å². The molecule has 6 atom stereocenters. The topological polar surface area (TPSA) is 90.4 Å². The van der Waals surface area contributed by atoms with Crippen molar-refractivity contribution >= 4 is 40.9 Å². The summed E-state index contributed by atoms with van der Waals surface area (Å²) in [4.78, 5) is 49.2. The Morgan fingerprint density at radius 1 is 0.884 bits per heavy atom. The van der Waals surface area contributed by atoms with Crippen LogP contribution in [0, 0.1) is 17.8 Å². The zero-order valence-electron chi connectivity index (χ0n) is 25.1. The maximum Gasteiger partial charge on any atom is 0.251 e. The molecule has 0 radical (unpaired) electrons. The Labute approximate surface area is 257 Å². The average Bonchev–Trinajstić information content (AvgIpc) is 3.27. The fraction of sp³-hybridized carbons (Fsp3) is 0.441. The van der Waals surface area contributed by atoms with Crippen molar-refractivity contribution in [1.82, 2.24) is 4.90 Å². The molecule has 1 N–H and O–H groups in total. The molecule has 0 saturated carbocycles. The van der Waals surface area contributed by atoms with Crippen LogP contribution in [0.5, 0.6) is 5.75 Å². The Morgan fingerprint density at radius 3 is 2.14 bits per heavy atom. The van der Waals surface area contributed by atoms with Crippen LogP contribution in [0.4, 0.5) is 11.4 Å². The average molecular weight is 602 g/mol. The molecule has 4 aliphatic heterocycles. The van der Waals surface area contributed by atoms with Gasteiger partial charge in [-0.25, -0.2) is 0 Å². The highest BCUT2D eigenvalue weighted by Crippen LogP contribution is 2.66. The van der Waals surface area contributed by atoms with Crippen LogP contribution in [-0.4, -0.2) is 76.1 Å². The quantitative estimate of drug-likeness (QED) is 0.477. The van der Waals surface area contributed by atoms with E-state index < -0.39 is 33.4 Å². The van der Waals surface area contributed by atoms with Gasteiger partial charge < -0.3 is 24.5 Å². The first-order chi connectivity index (χ1) is 20.6. The van der Waals surface area contributed by atoms with Crippen molar-refractivity contribution in [2.24, 2.45) is 17.8 Å². The second-order valence-corrected chi connectivity index (χ2v) is 14.2. The van der Waals surface area contributed by atoms with Gasteiger partial charge in [-0.3, -0.25) is 14.4 Å². The van der Waals surface area contributed by atoms with Crippen molar-refractivity contribution < 1.29 is 24.2 Å². The Bertz CT molecular complexity index is 1460. The Kier molecular flexibility index (Phi) is 7.67. The van der Waals surface area contributed by atoms with Crippen molar-refractivity contribution in [3.8, 4) is 5.75 Å². The predicted molar refractivity (Wildman–Crippen MR) is 169 cm³/mol. The number of ether oxygens (including phenoxy) is 1. The molecule has 0 bridgehead atoms. The van der Waals surface area contributed by atoms with Gasteiger partial charge in [0.15, 0.2) is 0 Å². The van der Waals surface area contributed by atoms with E-state index in [1.165, 1.54) is 0 Å². The number of anilines is 2. The lowest BCUT2D eigenvalue weighted by atomic mass is 9.74. The number of carbonyl (C=O) groups excluding carboxylic acids is 3. The summed E-state index contributed by atoms with van der Waals surface area (Å²) < 4.78 is 3.63. The van der Waals surface area contributed by atoms with Gasteiger partial charge in [-0.1, -0.05) is 56.4 Å². The second-order valence-electron chi connectivity index (χ2n) is 12.4. The zero-order valence-corrected chi connectivity index (χ0v) is 25.9. The number of para-hydroxylation sites is 1. The number of thioether (sulfide) groups is 1. The van der Waals surface area contributed by atoms with Crippen LogP contribution in [-0.2, 0) is 14.4 Å². The molecule has 4 heterocycles. The third-order valence-electron chi connectivity index (χ3n) is 9.29. The molecule has 2 fully saturated rings. The fourth-order valence-electron chi connectivity index (χ4n) is 7.51. The summed E-state index contributed by atoms with van der Waals surface area (Å²) in [6.07, 6.45) is 8.59. The molecule has 43 heavy (non-hydrogen) atoms. The lowest BCUT2D eigenvalue weighted by molar-refractivity contribution is -0.142. The number of hydrogen-bond donors (Lipinski definition) is 1. The van der Waals surface area contributed by atoms with Crippen LogP contribution in [0.3, 0.4) is 0 Å². The van der Waals surface area contributed by atoms with Crippen LogP contribution in [0.1, 0.15) is 27.2 Å². The number of hydrogen-bond acceptors (Lipinski definition) is 6. The number of benzene rings is 2. The Balaban J connectivity index is 1.49. The van der Waals surface area contributed by atoms with Crippen LogP contribution in [0.2, 0.25) is 0 Å². The summed E-state index contributed by atoms with van der Waals surface area (Å²) >= 11 is 1.56. The fourth-order valence-corrected chi connectivity index (χ4v) is 9.65. The van der Waals surface area contributed by atoms with Crippen molar-refractivity contribution in [3.05, 3.63) is 78.9 Å². The van der Waals surface area contributed by atoms with Crippen LogP contribution in [0.15, 0.2) is 78.9 Å². The monoisotopic (exact) mass is 601 g/mol. The van der Waals surface area contributed by atoms with Crippen LogP contribution < -0.4 is 14.5 Å². The van der Waals surface area contributed by atoms with Gasteiger partial charge in [-0.2, -0.15) is 0 Å². The maximum absolute atomic E-state index is 14.8. The molecular weight excluding hydrogens is 562 g/mol. The number of likely N-dealkylation sites (tertiary alicyclic amines) is 1. The first kappa shape index (κ1) is 29.5. The summed E-state index contributed by atoms with van der Waals surface area (Å²) in [5.41, 5.74) is 1.47. The molecule has 226 valence electrons. The molecule has 4 aliphatic rings. The maximum atomic E-state index is 14.8. The molecule has 1 spiro atoms. The summed E-state index contributed by atoms with van der Waals surface area (Å²) in [5, 5.41) is 10.6. The highest BCUT2D eigenvalue weighted by Gasteiger charge is 2.74. The largest absolute Gasteiger partial charge is 0.497 e. The molecule has 1 unspecified atom stereocenters. The summed E-state index contributed by atoms with van der Waals surface area (Å²) in [6, 6.07) is 15.4. The molecule has 2 aromatic carbocycles. The van der Waals surface area contributed by atoms with Gasteiger partial charge in [0.1, 0.15) is 11.8 Å². The van der Waals surface area contributed by atoms with E-state index in [2.05, 4.69) is 6.08 Å². The number of amides is 3. The Morgan fingerprint density at radius 2 is 1.51 bits per heavy atom. The highest BCUT2D eigenvalue weighted by atomic mass is 32.2. The van der Waals surface area contributed by atoms with E-state index >= 15 is 0 Å². The van der Waals surface area contributed by atoms with E-state index in [1.54, 1.807) is 33.6 Å². The van der Waals surface area contributed by atoms with Gasteiger partial charge in [0.25, 0.3) is 5.91 Å². The molecule has 8 nitrogen and oxygen atoms in total. The van der Waals surface area contributed by atoms with E-state index in [9.17, 15) is 19.5 Å². The minimum Gasteiger partial charge on any atom is -0.497 e. The summed E-state index contributed by atoms with van der Waals surface area (Å²) in [5.74, 6) is -1.17. The third-order valence-corrected chi connectivity index (χ3v) is 11.1. The number of aliphatic hydroxyl groups is 1. The van der Waals surface area contributed by atoms with E-state index in [4.69, 9.17) is 4.74 Å². The second kappa shape index (κ2) is 11.2. The van der Waals surface area contributed by atoms with E-state index in [-0.39, 0.29) is 30.2 Å². The number of carbonyl (C=O) groups is 3. The third kappa shape index (κ3) is 4.68. The highest BCUT2D eigenvalue weighted by molar-refractivity contribution is 8.02. The van der Waals surface area contributed by atoms with Crippen molar-refractivity contribution in [2.45, 2.75) is 48.8 Å². The van der Waals surface area contributed by atoms with Crippen molar-refractivity contribution in [3.63, 3.8) is 0 Å². The molecule has 2 saturated heterocycles. The minimum atomic E-state index is -0.987. The predicted octanol–water partition coefficient (Wildman–Crippen LogP) is 4.30. The van der Waals surface area contributed by atoms with Crippen molar-refractivity contribution in [1.29, 1.82) is 0 Å². The molecule has 2 aromatic rings. The molecule has 0 aromatic heterocycles. The lowest BCUT2D eigenvalue weighted by Gasteiger charge is -2.40. The van der Waals surface area contributed by atoms with Gasteiger partial charge in [0.2, 0.25) is 11.8 Å². The van der Waals surface area contributed by atoms with Gasteiger partial charge >= 0.3 is 0 Å². The first-order valence-electron chi connectivity index (χ1n) is 15.0. The number of nitrogens with zero attached hydrogens (tertiary/aromatic N) is 3. The van der Waals surface area contributed by atoms with E-state index in [0.29, 0.717) is 30.9 Å². The Hall–Kier alpha value is -3.56. The molecule has 6 rings (SSSR count). The minimum absolute atomic E-state index is 0.122. The van der Waals surface area contributed by atoms with Crippen LogP contribution in [0.25, 0.3) is 0 Å². The van der Waals surface area contributed by atoms with E-state index in [0.717, 1.165) is 5.69 Å². The smallest absolute Gasteiger partial charge is 0.251 e. The standard InChI is InChI=1S/C34H39N3O5S/c1-22(2)20-25(21-38)37-29-32(41)36(24-12-14-26(42-4)15-13-24)19-9-17-34(29)28(31(37)40)27-30(39)35(23-10-6-5-7-11-23)18-8-16-33(27,3)43-34/h5-17,22,25,27-29,38H,18-21H2,1-4H3/t25-,27+,28+,29?,33-,34+/m1/s1. The summed E-state index contributed by atoms with van der Waals surface area (Å²) in [7, 11) is 1.60. The number of fused-ring (bicyclic) bond motifs is 2. The van der Waals surface area contributed by atoms with Gasteiger partial charge in [0, 0.05) is 29.2 Å². The first-order valence-corrected chi connectivity index (χ1v) is 15.8. The molecular formula is C34H39N3O5S. The number of aliphatic hydroxyl groups excluding tert-OH is 1. The van der Waals surface area contributed by atoms with Gasteiger partial charge in [-0.15, -0.1) is 11.8 Å². The normalized spacial score (nSPS) is 30.7. The number of methoxy groups -OCH3 is 1.